The Morgan fingerprint density at radius 3 is 2.62 bits per heavy atom. The predicted molar refractivity (Wildman–Crippen MR) is 91.0 cm³/mol. The minimum absolute atomic E-state index is 0.0252. The highest BCUT2D eigenvalue weighted by Crippen LogP contribution is 2.39. The van der Waals surface area contributed by atoms with E-state index in [-0.39, 0.29) is 41.2 Å². The molecule has 2 N–H and O–H groups in total. The number of nitrogens with one attached hydrogen (secondary N) is 2. The average Bonchev–Trinajstić information content (AvgIpc) is 3.28. The van der Waals surface area contributed by atoms with Crippen LogP contribution in [0.4, 0.5) is 0 Å². The van der Waals surface area contributed by atoms with E-state index in [1.165, 1.54) is 18.4 Å². The molecule has 2 aliphatic carbocycles. The van der Waals surface area contributed by atoms with Crippen LogP contribution in [0.15, 0.2) is 11.6 Å². The molecule has 1 aliphatic heterocycles. The highest BCUT2D eigenvalue weighted by atomic mass is 32.2. The third-order valence-corrected chi connectivity index (χ3v) is 6.94. The van der Waals surface area contributed by atoms with Crippen molar-refractivity contribution in [3.63, 3.8) is 0 Å². The Labute approximate surface area is 143 Å². The molecule has 0 bridgehead atoms. The summed E-state index contributed by atoms with van der Waals surface area (Å²) in [7, 11) is -3.00. The van der Waals surface area contributed by atoms with Gasteiger partial charge in [-0.2, -0.15) is 0 Å². The van der Waals surface area contributed by atoms with Gasteiger partial charge in [0.25, 0.3) is 0 Å². The standard InChI is InChI=1S/C17H26N2O4S/c20-16(18-8-6-12-4-2-1-3-5-12)14-10-15(14)17(21)19-13-7-9-24(22,23)11-13/h4,13-15H,1-3,5-11H2,(H,18,20)(H,19,21). The van der Waals surface area contributed by atoms with Crippen molar-refractivity contribution >= 4 is 21.7 Å². The monoisotopic (exact) mass is 354 g/mol. The minimum Gasteiger partial charge on any atom is -0.356 e. The highest BCUT2D eigenvalue weighted by molar-refractivity contribution is 7.91. The molecule has 3 unspecified atom stereocenters. The summed E-state index contributed by atoms with van der Waals surface area (Å²) in [5, 5.41) is 5.71. The summed E-state index contributed by atoms with van der Waals surface area (Å²) >= 11 is 0. The Kier molecular flexibility index (Phi) is 5.27. The van der Waals surface area contributed by atoms with Gasteiger partial charge in [0.2, 0.25) is 11.8 Å². The second-order valence-corrected chi connectivity index (χ2v) is 9.44. The molecule has 3 atom stereocenters. The Hall–Kier alpha value is -1.37. The number of allylic oxidation sites excluding steroid dienone is 1. The van der Waals surface area contributed by atoms with E-state index in [1.54, 1.807) is 0 Å². The van der Waals surface area contributed by atoms with E-state index in [0.717, 1.165) is 19.3 Å². The highest BCUT2D eigenvalue weighted by Gasteiger charge is 2.48. The number of amides is 2. The fraction of sp³-hybridized carbons (Fsp3) is 0.765. The first kappa shape index (κ1) is 17.5. The summed E-state index contributed by atoms with van der Waals surface area (Å²) in [5.74, 6) is -0.594. The van der Waals surface area contributed by atoms with Gasteiger partial charge in [-0.3, -0.25) is 9.59 Å². The van der Waals surface area contributed by atoms with Gasteiger partial charge in [0.05, 0.1) is 23.3 Å². The van der Waals surface area contributed by atoms with Crippen LogP contribution in [0.25, 0.3) is 0 Å². The predicted octanol–water partition coefficient (Wildman–Crippen LogP) is 0.933. The number of hydrogen-bond donors (Lipinski definition) is 2. The Balaban J connectivity index is 1.36. The topological polar surface area (TPSA) is 92.3 Å². The fourth-order valence-corrected chi connectivity index (χ4v) is 5.27. The second kappa shape index (κ2) is 7.25. The van der Waals surface area contributed by atoms with E-state index in [9.17, 15) is 18.0 Å². The van der Waals surface area contributed by atoms with Crippen LogP contribution in [-0.2, 0) is 19.4 Å². The lowest BCUT2D eigenvalue weighted by molar-refractivity contribution is -0.127. The van der Waals surface area contributed by atoms with Gasteiger partial charge in [-0.1, -0.05) is 11.6 Å². The summed E-state index contributed by atoms with van der Waals surface area (Å²) in [5.41, 5.74) is 1.43. The molecule has 3 aliphatic rings. The molecular formula is C17H26N2O4S. The van der Waals surface area contributed by atoms with E-state index in [0.29, 0.717) is 19.4 Å². The molecule has 7 heteroatoms. The van der Waals surface area contributed by atoms with Gasteiger partial charge in [-0.25, -0.2) is 8.42 Å². The number of carbonyl (C=O) groups excluding carboxylic acids is 2. The lowest BCUT2D eigenvalue weighted by Crippen LogP contribution is -2.38. The van der Waals surface area contributed by atoms with Crippen molar-refractivity contribution < 1.29 is 18.0 Å². The lowest BCUT2D eigenvalue weighted by atomic mass is 9.97. The molecule has 3 rings (SSSR count). The zero-order valence-electron chi connectivity index (χ0n) is 13.9. The van der Waals surface area contributed by atoms with Crippen LogP contribution >= 0.6 is 0 Å². The van der Waals surface area contributed by atoms with Crippen LogP contribution in [-0.4, -0.2) is 44.3 Å². The van der Waals surface area contributed by atoms with Gasteiger partial charge in [-0.05, 0) is 44.9 Å². The van der Waals surface area contributed by atoms with E-state index in [1.807, 2.05) is 0 Å². The zero-order valence-corrected chi connectivity index (χ0v) is 14.7. The van der Waals surface area contributed by atoms with Gasteiger partial charge < -0.3 is 10.6 Å². The largest absolute Gasteiger partial charge is 0.356 e. The molecular weight excluding hydrogens is 328 g/mol. The molecule has 2 amide bonds. The van der Waals surface area contributed by atoms with Crippen LogP contribution < -0.4 is 10.6 Å². The van der Waals surface area contributed by atoms with Crippen LogP contribution in [0, 0.1) is 11.8 Å². The molecule has 24 heavy (non-hydrogen) atoms. The molecule has 6 nitrogen and oxygen atoms in total. The summed E-state index contributed by atoms with van der Waals surface area (Å²) in [4.78, 5) is 24.2. The molecule has 1 saturated heterocycles. The molecule has 1 heterocycles. The van der Waals surface area contributed by atoms with Gasteiger partial charge in [0, 0.05) is 12.6 Å². The first-order valence-corrected chi connectivity index (χ1v) is 10.7. The summed E-state index contributed by atoms with van der Waals surface area (Å²) < 4.78 is 22.8. The average molecular weight is 354 g/mol. The fourth-order valence-electron chi connectivity index (χ4n) is 3.60. The Morgan fingerprint density at radius 1 is 1.17 bits per heavy atom. The third kappa shape index (κ3) is 4.59. The number of sulfone groups is 1. The van der Waals surface area contributed by atoms with Crippen LogP contribution in [0.2, 0.25) is 0 Å². The van der Waals surface area contributed by atoms with Crippen molar-refractivity contribution in [2.24, 2.45) is 11.8 Å². The van der Waals surface area contributed by atoms with Crippen molar-refractivity contribution in [1.29, 1.82) is 0 Å². The van der Waals surface area contributed by atoms with E-state index < -0.39 is 9.84 Å². The number of rotatable bonds is 6. The van der Waals surface area contributed by atoms with Gasteiger partial charge >= 0.3 is 0 Å². The smallest absolute Gasteiger partial charge is 0.224 e. The summed E-state index contributed by atoms with van der Waals surface area (Å²) in [6, 6.07) is -0.287. The first-order chi connectivity index (χ1) is 11.4. The number of hydrogen-bond acceptors (Lipinski definition) is 4. The lowest BCUT2D eigenvalue weighted by Gasteiger charge is -2.13. The SMILES string of the molecule is O=C(NCCC1=CCCCC1)C1CC1C(=O)NC1CCS(=O)(=O)C1. The Morgan fingerprint density at radius 2 is 1.96 bits per heavy atom. The van der Waals surface area contributed by atoms with Crippen molar-refractivity contribution in [2.45, 2.75) is 51.0 Å². The maximum atomic E-state index is 12.1. The summed E-state index contributed by atoms with van der Waals surface area (Å²) in [6.07, 6.45) is 9.00. The van der Waals surface area contributed by atoms with E-state index in [4.69, 9.17) is 0 Å². The normalized spacial score (nSPS) is 31.2. The quantitative estimate of drug-likeness (QED) is 0.694. The molecule has 1 saturated carbocycles. The molecule has 0 aromatic rings. The molecule has 0 spiro atoms. The molecule has 0 aromatic carbocycles. The second-order valence-electron chi connectivity index (χ2n) is 7.21. The maximum absolute atomic E-state index is 12.1. The van der Waals surface area contributed by atoms with E-state index in [2.05, 4.69) is 16.7 Å². The van der Waals surface area contributed by atoms with Gasteiger partial charge in [-0.15, -0.1) is 0 Å². The Bertz CT molecular complexity index is 641. The van der Waals surface area contributed by atoms with Crippen molar-refractivity contribution in [1.82, 2.24) is 10.6 Å². The third-order valence-electron chi connectivity index (χ3n) is 5.17. The summed E-state index contributed by atoms with van der Waals surface area (Å²) in [6.45, 7) is 0.635. The van der Waals surface area contributed by atoms with Gasteiger partial charge in [0.1, 0.15) is 0 Å². The van der Waals surface area contributed by atoms with Crippen molar-refractivity contribution in [2.75, 3.05) is 18.1 Å². The maximum Gasteiger partial charge on any atom is 0.224 e. The van der Waals surface area contributed by atoms with Crippen LogP contribution in [0.3, 0.4) is 0 Å². The minimum atomic E-state index is -3.00. The van der Waals surface area contributed by atoms with Crippen LogP contribution in [0.1, 0.15) is 44.9 Å². The van der Waals surface area contributed by atoms with Crippen LogP contribution in [0.5, 0.6) is 0 Å². The zero-order chi connectivity index (χ0) is 17.2. The number of carbonyl (C=O) groups is 2. The van der Waals surface area contributed by atoms with Crippen molar-refractivity contribution in [3.8, 4) is 0 Å². The van der Waals surface area contributed by atoms with Gasteiger partial charge in [0.15, 0.2) is 9.84 Å². The molecule has 134 valence electrons. The molecule has 2 fully saturated rings. The molecule has 0 radical (unpaired) electrons. The first-order valence-electron chi connectivity index (χ1n) is 8.91. The van der Waals surface area contributed by atoms with E-state index >= 15 is 0 Å². The molecule has 0 aromatic heterocycles. The van der Waals surface area contributed by atoms with Crippen molar-refractivity contribution in [3.05, 3.63) is 11.6 Å².